The molecule has 8 nitrogen and oxygen atoms in total. The van der Waals surface area contributed by atoms with E-state index in [4.69, 9.17) is 5.73 Å². The molecule has 0 aliphatic carbocycles. The number of amides is 4. The van der Waals surface area contributed by atoms with E-state index in [1.165, 1.54) is 4.90 Å². The number of benzene rings is 1. The van der Waals surface area contributed by atoms with Crippen LogP contribution < -0.4 is 16.4 Å². The molecule has 4 N–H and O–H groups in total. The fourth-order valence-corrected chi connectivity index (χ4v) is 4.59. The van der Waals surface area contributed by atoms with Gasteiger partial charge in [0.05, 0.1) is 0 Å². The van der Waals surface area contributed by atoms with Crippen LogP contribution in [0, 0.1) is 5.92 Å². The summed E-state index contributed by atoms with van der Waals surface area (Å²) in [6.07, 6.45) is 2.59. The average Bonchev–Trinajstić information content (AvgIpc) is 3.23. The molecule has 2 aliphatic heterocycles. The highest BCUT2D eigenvalue weighted by Crippen LogP contribution is 2.29. The number of nitrogens with one attached hydrogen (secondary N) is 2. The molecule has 2 saturated heterocycles. The molecule has 8 heteroatoms. The van der Waals surface area contributed by atoms with Crippen molar-refractivity contribution in [2.75, 3.05) is 6.54 Å². The van der Waals surface area contributed by atoms with Gasteiger partial charge >= 0.3 is 0 Å². The number of hydrogen-bond acceptors (Lipinski definition) is 4. The smallest absolute Gasteiger partial charge is 0.245 e. The molecular formula is C23H32N4O4. The van der Waals surface area contributed by atoms with Crippen LogP contribution in [0.2, 0.25) is 0 Å². The highest BCUT2D eigenvalue weighted by atomic mass is 16.2. The van der Waals surface area contributed by atoms with Gasteiger partial charge in [-0.15, -0.1) is 0 Å². The first-order valence-corrected chi connectivity index (χ1v) is 11.0. The Labute approximate surface area is 182 Å². The maximum Gasteiger partial charge on any atom is 0.245 e. The first-order valence-electron chi connectivity index (χ1n) is 11.0. The summed E-state index contributed by atoms with van der Waals surface area (Å²) in [7, 11) is 0. The van der Waals surface area contributed by atoms with Crippen molar-refractivity contribution in [3.8, 4) is 0 Å². The number of carbonyl (C=O) groups excluding carboxylic acids is 4. The number of rotatable bonds is 7. The maximum absolute atomic E-state index is 13.3. The zero-order valence-corrected chi connectivity index (χ0v) is 18.2. The van der Waals surface area contributed by atoms with Crippen LogP contribution in [0.1, 0.15) is 57.4 Å². The lowest BCUT2D eigenvalue weighted by atomic mass is 9.84. The van der Waals surface area contributed by atoms with Gasteiger partial charge in [-0.1, -0.05) is 44.2 Å². The lowest BCUT2D eigenvalue weighted by Crippen LogP contribution is -2.58. The van der Waals surface area contributed by atoms with Crippen molar-refractivity contribution in [1.82, 2.24) is 15.5 Å². The van der Waals surface area contributed by atoms with Crippen molar-refractivity contribution in [1.29, 1.82) is 0 Å². The highest BCUT2D eigenvalue weighted by Gasteiger charge is 2.40. The second-order valence-electron chi connectivity index (χ2n) is 8.88. The summed E-state index contributed by atoms with van der Waals surface area (Å²) < 4.78 is 0. The summed E-state index contributed by atoms with van der Waals surface area (Å²) in [6, 6.07) is 7.45. The van der Waals surface area contributed by atoms with Crippen molar-refractivity contribution in [3.05, 3.63) is 35.9 Å². The SMILES string of the molecule is CC(C)C[C@H](NC(=O)C1NC(=O)CCC1c1ccccc1)C(=O)N1CCC[C@H]1C(N)=O. The Kier molecular flexibility index (Phi) is 7.30. The van der Waals surface area contributed by atoms with E-state index in [1.54, 1.807) is 0 Å². The molecule has 4 atom stereocenters. The van der Waals surface area contributed by atoms with Crippen LogP contribution in [0.15, 0.2) is 30.3 Å². The number of piperidine rings is 1. The summed E-state index contributed by atoms with van der Waals surface area (Å²) in [5, 5.41) is 5.69. The Morgan fingerprint density at radius 1 is 1.19 bits per heavy atom. The number of carbonyl (C=O) groups is 4. The first kappa shape index (κ1) is 22.8. The monoisotopic (exact) mass is 428 g/mol. The van der Waals surface area contributed by atoms with Crippen molar-refractivity contribution in [2.24, 2.45) is 11.7 Å². The zero-order valence-electron chi connectivity index (χ0n) is 18.2. The Hall–Kier alpha value is -2.90. The molecule has 168 valence electrons. The minimum Gasteiger partial charge on any atom is -0.368 e. The minimum absolute atomic E-state index is 0.148. The lowest BCUT2D eigenvalue weighted by molar-refractivity contribution is -0.141. The third kappa shape index (κ3) is 5.42. The van der Waals surface area contributed by atoms with Crippen molar-refractivity contribution in [3.63, 3.8) is 0 Å². The van der Waals surface area contributed by atoms with Gasteiger partial charge in [-0.2, -0.15) is 0 Å². The van der Waals surface area contributed by atoms with Crippen LogP contribution in [-0.2, 0) is 19.2 Å². The number of primary amides is 1. The molecular weight excluding hydrogens is 396 g/mol. The fourth-order valence-electron chi connectivity index (χ4n) is 4.59. The Morgan fingerprint density at radius 3 is 2.55 bits per heavy atom. The van der Waals surface area contributed by atoms with Crippen LogP contribution in [0.5, 0.6) is 0 Å². The molecule has 0 spiro atoms. The molecule has 0 saturated carbocycles. The Morgan fingerprint density at radius 2 is 1.90 bits per heavy atom. The molecule has 2 fully saturated rings. The average molecular weight is 429 g/mol. The standard InChI is InChI=1S/C23H32N4O4/c1-14(2)13-17(23(31)27-12-6-9-18(27)21(24)29)25-22(30)20-16(10-11-19(28)26-20)15-7-4-3-5-8-15/h3-5,7-8,14,16-18,20H,6,9-13H2,1-2H3,(H2,24,29)(H,25,30)(H,26,28)/t16?,17-,18-,20?/m0/s1. The Bertz CT molecular complexity index is 826. The van der Waals surface area contributed by atoms with Gasteiger partial charge in [0.25, 0.3) is 0 Å². The summed E-state index contributed by atoms with van der Waals surface area (Å²) in [5.41, 5.74) is 6.45. The molecule has 1 aromatic rings. The van der Waals surface area contributed by atoms with Crippen molar-refractivity contribution in [2.45, 2.75) is 70.0 Å². The van der Waals surface area contributed by atoms with E-state index in [0.717, 1.165) is 5.56 Å². The van der Waals surface area contributed by atoms with Crippen LogP contribution in [0.25, 0.3) is 0 Å². The molecule has 0 radical (unpaired) electrons. The summed E-state index contributed by atoms with van der Waals surface area (Å²) >= 11 is 0. The van der Waals surface area contributed by atoms with E-state index in [-0.39, 0.29) is 29.6 Å². The zero-order chi connectivity index (χ0) is 22.5. The van der Waals surface area contributed by atoms with Crippen LogP contribution in [0.4, 0.5) is 0 Å². The van der Waals surface area contributed by atoms with Crippen molar-refractivity contribution < 1.29 is 19.2 Å². The lowest BCUT2D eigenvalue weighted by Gasteiger charge is -2.34. The van der Waals surface area contributed by atoms with Gasteiger partial charge in [0.1, 0.15) is 18.1 Å². The number of hydrogen-bond donors (Lipinski definition) is 3. The number of nitrogens with zero attached hydrogens (tertiary/aromatic N) is 1. The maximum atomic E-state index is 13.3. The summed E-state index contributed by atoms with van der Waals surface area (Å²) in [4.78, 5) is 51.8. The van der Waals surface area contributed by atoms with E-state index < -0.39 is 24.0 Å². The van der Waals surface area contributed by atoms with Crippen LogP contribution >= 0.6 is 0 Å². The number of nitrogens with two attached hydrogens (primary N) is 1. The molecule has 1 aromatic carbocycles. The van der Waals surface area contributed by atoms with Gasteiger partial charge in [0.15, 0.2) is 0 Å². The van der Waals surface area contributed by atoms with E-state index in [9.17, 15) is 19.2 Å². The summed E-state index contributed by atoms with van der Waals surface area (Å²) in [6.45, 7) is 4.39. The molecule has 31 heavy (non-hydrogen) atoms. The predicted octanol–water partition coefficient (Wildman–Crippen LogP) is 1.06. The molecule has 4 amide bonds. The third-order valence-corrected chi connectivity index (χ3v) is 6.10. The van der Waals surface area contributed by atoms with Crippen LogP contribution in [-0.4, -0.2) is 53.2 Å². The van der Waals surface area contributed by atoms with Gasteiger partial charge < -0.3 is 21.3 Å². The van der Waals surface area contributed by atoms with Gasteiger partial charge in [0, 0.05) is 18.9 Å². The quantitative estimate of drug-likeness (QED) is 0.601. The van der Waals surface area contributed by atoms with E-state index >= 15 is 0 Å². The minimum atomic E-state index is -0.775. The summed E-state index contributed by atoms with van der Waals surface area (Å²) in [5.74, 6) is -1.39. The normalized spacial score (nSPS) is 24.5. The predicted molar refractivity (Wildman–Crippen MR) is 116 cm³/mol. The highest BCUT2D eigenvalue weighted by molar-refractivity contribution is 5.95. The van der Waals surface area contributed by atoms with E-state index in [2.05, 4.69) is 10.6 Å². The second-order valence-corrected chi connectivity index (χ2v) is 8.88. The second kappa shape index (κ2) is 9.94. The molecule has 0 bridgehead atoms. The molecule has 2 heterocycles. The third-order valence-electron chi connectivity index (χ3n) is 6.10. The molecule has 2 unspecified atom stereocenters. The molecule has 3 rings (SSSR count). The van der Waals surface area contributed by atoms with Crippen molar-refractivity contribution >= 4 is 23.6 Å². The first-order chi connectivity index (χ1) is 14.8. The van der Waals surface area contributed by atoms with Gasteiger partial charge in [-0.05, 0) is 37.2 Å². The number of likely N-dealkylation sites (tertiary alicyclic amines) is 1. The van der Waals surface area contributed by atoms with Gasteiger partial charge in [-0.25, -0.2) is 0 Å². The van der Waals surface area contributed by atoms with Gasteiger partial charge in [-0.3, -0.25) is 19.2 Å². The largest absolute Gasteiger partial charge is 0.368 e. The van der Waals surface area contributed by atoms with Crippen LogP contribution in [0.3, 0.4) is 0 Å². The molecule has 2 aliphatic rings. The molecule has 0 aromatic heterocycles. The fraction of sp³-hybridized carbons (Fsp3) is 0.565. The van der Waals surface area contributed by atoms with E-state index in [0.29, 0.717) is 38.6 Å². The Balaban J connectivity index is 1.79. The van der Waals surface area contributed by atoms with E-state index in [1.807, 2.05) is 44.2 Å². The topological polar surface area (TPSA) is 122 Å². The van der Waals surface area contributed by atoms with Gasteiger partial charge in [0.2, 0.25) is 23.6 Å².